The van der Waals surface area contributed by atoms with E-state index in [2.05, 4.69) is 10.6 Å². The van der Waals surface area contributed by atoms with E-state index < -0.39 is 18.5 Å². The first-order valence-corrected chi connectivity index (χ1v) is 9.39. The van der Waals surface area contributed by atoms with Crippen LogP contribution in [-0.4, -0.2) is 31.5 Å². The summed E-state index contributed by atoms with van der Waals surface area (Å²) in [5.41, 5.74) is 1.79. The average molecular weight is 439 g/mol. The molecule has 0 aliphatic heterocycles. The van der Waals surface area contributed by atoms with Gasteiger partial charge in [-0.05, 0) is 42.8 Å². The molecular weight excluding hydrogens is 419 g/mol. The van der Waals surface area contributed by atoms with Crippen LogP contribution in [0.15, 0.2) is 36.4 Å². The predicted octanol–water partition coefficient (Wildman–Crippen LogP) is 4.21. The Bertz CT molecular complexity index is 918. The van der Waals surface area contributed by atoms with Crippen molar-refractivity contribution in [3.05, 3.63) is 52.0 Å². The number of methoxy groups -OCH3 is 1. The molecule has 0 saturated heterocycles. The molecule has 0 aliphatic rings. The zero-order valence-corrected chi connectivity index (χ0v) is 17.4. The Kier molecular flexibility index (Phi) is 8.30. The molecule has 0 spiro atoms. The number of nitrogens with one attached hydrogen (secondary N) is 2. The molecule has 0 radical (unpaired) electrons. The van der Waals surface area contributed by atoms with Gasteiger partial charge in [0.25, 0.3) is 5.91 Å². The number of carbonyl (C=O) groups excluding carboxylic acids is 3. The lowest BCUT2D eigenvalue weighted by Crippen LogP contribution is -2.22. The smallest absolute Gasteiger partial charge is 0.306 e. The number of anilines is 2. The van der Waals surface area contributed by atoms with Gasteiger partial charge in [0.15, 0.2) is 6.61 Å². The molecular formula is C20H20Cl2N2O5. The van der Waals surface area contributed by atoms with E-state index in [-0.39, 0.29) is 18.7 Å². The standard InChI is InChI=1S/C20H20Cl2N2O5/c1-12-3-5-14(10-15(12)22)23-18(25)7-8-20(27)29-11-19(26)24-16-9-13(21)4-6-17(16)28-2/h3-6,9-10H,7-8,11H2,1-2H3,(H,23,25)(H,24,26). The number of carbonyl (C=O) groups is 3. The molecule has 154 valence electrons. The lowest BCUT2D eigenvalue weighted by atomic mass is 10.2. The van der Waals surface area contributed by atoms with E-state index in [9.17, 15) is 14.4 Å². The first-order valence-electron chi connectivity index (χ1n) is 8.63. The van der Waals surface area contributed by atoms with Crippen LogP contribution in [0.2, 0.25) is 10.0 Å². The minimum absolute atomic E-state index is 0.0892. The van der Waals surface area contributed by atoms with E-state index >= 15 is 0 Å². The normalized spacial score (nSPS) is 10.2. The van der Waals surface area contributed by atoms with Crippen LogP contribution in [0, 0.1) is 6.92 Å². The molecule has 29 heavy (non-hydrogen) atoms. The van der Waals surface area contributed by atoms with E-state index in [0.717, 1.165) is 5.56 Å². The Morgan fingerprint density at radius 2 is 1.72 bits per heavy atom. The Labute approximate surface area is 178 Å². The molecule has 0 heterocycles. The maximum Gasteiger partial charge on any atom is 0.306 e. The molecule has 2 N–H and O–H groups in total. The Morgan fingerprint density at radius 3 is 2.41 bits per heavy atom. The van der Waals surface area contributed by atoms with Gasteiger partial charge < -0.3 is 20.1 Å². The molecule has 0 atom stereocenters. The molecule has 0 fully saturated rings. The van der Waals surface area contributed by atoms with Crippen molar-refractivity contribution in [3.8, 4) is 5.75 Å². The molecule has 2 aromatic carbocycles. The number of hydrogen-bond donors (Lipinski definition) is 2. The van der Waals surface area contributed by atoms with Gasteiger partial charge in [0, 0.05) is 22.2 Å². The van der Waals surface area contributed by atoms with Crippen molar-refractivity contribution < 1.29 is 23.9 Å². The SMILES string of the molecule is COc1ccc(Cl)cc1NC(=O)COC(=O)CCC(=O)Nc1ccc(C)c(Cl)c1. The summed E-state index contributed by atoms with van der Waals surface area (Å²) in [5.74, 6) is -1.18. The van der Waals surface area contributed by atoms with Crippen LogP contribution in [0.4, 0.5) is 11.4 Å². The predicted molar refractivity (Wildman–Crippen MR) is 112 cm³/mol. The van der Waals surface area contributed by atoms with E-state index in [0.29, 0.717) is 27.2 Å². The van der Waals surface area contributed by atoms with E-state index in [1.807, 2.05) is 6.92 Å². The molecule has 2 rings (SSSR count). The fraction of sp³-hybridized carbons (Fsp3) is 0.250. The van der Waals surface area contributed by atoms with Gasteiger partial charge in [-0.1, -0.05) is 29.3 Å². The fourth-order valence-electron chi connectivity index (χ4n) is 2.29. The van der Waals surface area contributed by atoms with Crippen LogP contribution in [0.5, 0.6) is 5.75 Å². The van der Waals surface area contributed by atoms with Crippen molar-refractivity contribution in [1.82, 2.24) is 0 Å². The van der Waals surface area contributed by atoms with Gasteiger partial charge in [-0.2, -0.15) is 0 Å². The van der Waals surface area contributed by atoms with E-state index in [4.69, 9.17) is 32.7 Å². The number of amides is 2. The number of rotatable bonds is 8. The van der Waals surface area contributed by atoms with Crippen LogP contribution in [0.3, 0.4) is 0 Å². The highest BCUT2D eigenvalue weighted by Gasteiger charge is 2.13. The van der Waals surface area contributed by atoms with Crippen molar-refractivity contribution in [1.29, 1.82) is 0 Å². The molecule has 9 heteroatoms. The van der Waals surface area contributed by atoms with Gasteiger partial charge >= 0.3 is 5.97 Å². The summed E-state index contributed by atoms with van der Waals surface area (Å²) < 4.78 is 10.0. The molecule has 0 unspecified atom stereocenters. The number of halogens is 2. The van der Waals surface area contributed by atoms with Gasteiger partial charge in [0.2, 0.25) is 5.91 Å². The molecule has 2 amide bonds. The van der Waals surface area contributed by atoms with E-state index in [1.165, 1.54) is 13.2 Å². The fourth-order valence-corrected chi connectivity index (χ4v) is 2.64. The Morgan fingerprint density at radius 1 is 0.966 bits per heavy atom. The number of benzene rings is 2. The second-order valence-electron chi connectivity index (χ2n) is 6.07. The van der Waals surface area contributed by atoms with Crippen LogP contribution in [0.25, 0.3) is 0 Å². The molecule has 0 aromatic heterocycles. The second-order valence-corrected chi connectivity index (χ2v) is 6.91. The summed E-state index contributed by atoms with van der Waals surface area (Å²) in [6.45, 7) is 1.35. The van der Waals surface area contributed by atoms with Crippen molar-refractivity contribution in [3.63, 3.8) is 0 Å². The number of hydrogen-bond acceptors (Lipinski definition) is 5. The molecule has 0 bridgehead atoms. The summed E-state index contributed by atoms with van der Waals surface area (Å²) in [4.78, 5) is 35.7. The first kappa shape index (κ1) is 22.5. The maximum atomic E-state index is 12.0. The topological polar surface area (TPSA) is 93.7 Å². The summed E-state index contributed by atoms with van der Waals surface area (Å²) in [7, 11) is 1.45. The molecule has 0 saturated carbocycles. The first-order chi connectivity index (χ1) is 13.8. The third-order valence-electron chi connectivity index (χ3n) is 3.81. The zero-order chi connectivity index (χ0) is 21.4. The Balaban J connectivity index is 1.75. The van der Waals surface area contributed by atoms with Gasteiger partial charge in [0.1, 0.15) is 5.75 Å². The molecule has 2 aromatic rings. The minimum atomic E-state index is -0.671. The lowest BCUT2D eigenvalue weighted by molar-refractivity contribution is -0.147. The highest BCUT2D eigenvalue weighted by Crippen LogP contribution is 2.27. The van der Waals surface area contributed by atoms with Crippen LogP contribution in [0.1, 0.15) is 18.4 Å². The monoisotopic (exact) mass is 438 g/mol. The summed E-state index contributed by atoms with van der Waals surface area (Å²) >= 11 is 11.9. The van der Waals surface area contributed by atoms with Gasteiger partial charge in [-0.15, -0.1) is 0 Å². The van der Waals surface area contributed by atoms with Gasteiger partial charge in [0.05, 0.1) is 19.2 Å². The van der Waals surface area contributed by atoms with Gasteiger partial charge in [-0.3, -0.25) is 14.4 Å². The van der Waals surface area contributed by atoms with Gasteiger partial charge in [-0.25, -0.2) is 0 Å². The highest BCUT2D eigenvalue weighted by molar-refractivity contribution is 6.31. The van der Waals surface area contributed by atoms with Crippen molar-refractivity contribution in [2.24, 2.45) is 0 Å². The maximum absolute atomic E-state index is 12.0. The summed E-state index contributed by atoms with van der Waals surface area (Å²) in [6, 6.07) is 9.85. The number of esters is 1. The third kappa shape index (κ3) is 7.29. The van der Waals surface area contributed by atoms with Crippen molar-refractivity contribution in [2.75, 3.05) is 24.4 Å². The summed E-state index contributed by atoms with van der Waals surface area (Å²) in [5, 5.41) is 6.14. The number of aryl methyl sites for hydroxylation is 1. The average Bonchev–Trinajstić information content (AvgIpc) is 2.68. The van der Waals surface area contributed by atoms with Crippen LogP contribution >= 0.6 is 23.2 Å². The summed E-state index contributed by atoms with van der Waals surface area (Å²) in [6.07, 6.45) is -0.257. The van der Waals surface area contributed by atoms with Crippen LogP contribution in [-0.2, 0) is 19.1 Å². The highest BCUT2D eigenvalue weighted by atomic mass is 35.5. The van der Waals surface area contributed by atoms with E-state index in [1.54, 1.807) is 30.3 Å². The van der Waals surface area contributed by atoms with Crippen molar-refractivity contribution in [2.45, 2.75) is 19.8 Å². The second kappa shape index (κ2) is 10.7. The lowest BCUT2D eigenvalue weighted by Gasteiger charge is -2.11. The minimum Gasteiger partial charge on any atom is -0.495 e. The quantitative estimate of drug-likeness (QED) is 0.601. The largest absolute Gasteiger partial charge is 0.495 e. The zero-order valence-electron chi connectivity index (χ0n) is 15.9. The molecule has 0 aliphatic carbocycles. The number of ether oxygens (including phenoxy) is 2. The van der Waals surface area contributed by atoms with Crippen LogP contribution < -0.4 is 15.4 Å². The third-order valence-corrected chi connectivity index (χ3v) is 4.45. The van der Waals surface area contributed by atoms with Crippen molar-refractivity contribution >= 4 is 52.4 Å². The molecule has 7 nitrogen and oxygen atoms in total. The Hall–Kier alpha value is -2.77.